The van der Waals surface area contributed by atoms with Gasteiger partial charge in [0.05, 0.1) is 0 Å². The number of amides is 1. The molecule has 2 aliphatic heterocycles. The Morgan fingerprint density at radius 1 is 0.849 bits per heavy atom. The van der Waals surface area contributed by atoms with Crippen molar-refractivity contribution in [3.05, 3.63) is 110 Å². The highest BCUT2D eigenvalue weighted by Gasteiger charge is 2.41. The van der Waals surface area contributed by atoms with Crippen LogP contribution < -0.4 is 30.3 Å². The van der Waals surface area contributed by atoms with E-state index in [1.165, 1.54) is 26.5 Å². The molecule has 0 aromatic heterocycles. The quantitative estimate of drug-likeness (QED) is 0.165. The van der Waals surface area contributed by atoms with Crippen LogP contribution in [0.25, 0.3) is 5.57 Å². The van der Waals surface area contributed by atoms with Crippen molar-refractivity contribution in [2.45, 2.75) is 79.4 Å². The van der Waals surface area contributed by atoms with E-state index in [4.69, 9.17) is 4.74 Å². The van der Waals surface area contributed by atoms with Crippen LogP contribution in [0.4, 0.5) is 0 Å². The number of phenols is 1. The van der Waals surface area contributed by atoms with E-state index in [0.717, 1.165) is 51.3 Å². The number of carbonyl (C=O) groups is 3. The SMILES string of the molecule is CC[N+]1=c2cc3c(cc2C(C)CC1(C)C)=C(c1ccc(C(=O)N(CC(=O)O)CC(=O)O)cc1C)c1ccc(Oc2cc(C)c(O)c(C)c2)cc1[Si]3(C)C. The molecular weight excluding hydrogens is 685 g/mol. The fourth-order valence-corrected chi connectivity index (χ4v) is 11.7. The van der Waals surface area contributed by atoms with Gasteiger partial charge in [0.2, 0.25) is 5.36 Å². The van der Waals surface area contributed by atoms with Gasteiger partial charge in [0.15, 0.2) is 5.54 Å². The molecule has 276 valence electrons. The van der Waals surface area contributed by atoms with Crippen molar-refractivity contribution in [3.63, 3.8) is 0 Å². The minimum Gasteiger partial charge on any atom is -0.507 e. The Bertz CT molecular complexity index is 2300. The summed E-state index contributed by atoms with van der Waals surface area (Å²) in [6.45, 7) is 19.0. The summed E-state index contributed by atoms with van der Waals surface area (Å²) in [5, 5.41) is 34.1. The summed E-state index contributed by atoms with van der Waals surface area (Å²) in [4.78, 5) is 37.3. The van der Waals surface area contributed by atoms with Crippen LogP contribution in [0, 0.1) is 20.8 Å². The molecule has 0 spiro atoms. The third kappa shape index (κ3) is 6.76. The van der Waals surface area contributed by atoms with Crippen molar-refractivity contribution in [2.75, 3.05) is 19.6 Å². The van der Waals surface area contributed by atoms with Crippen LogP contribution in [0.15, 0.2) is 60.7 Å². The fourth-order valence-electron chi connectivity index (χ4n) is 8.65. The number of hydrogen-bond donors (Lipinski definition) is 3. The van der Waals surface area contributed by atoms with Crippen LogP contribution in [0.2, 0.25) is 13.1 Å². The number of nitrogens with zero attached hydrogens (tertiary/aromatic N) is 2. The molecule has 0 bridgehead atoms. The molecule has 0 saturated heterocycles. The topological polar surface area (TPSA) is 127 Å². The van der Waals surface area contributed by atoms with Gasteiger partial charge in [-0.25, -0.2) is 4.58 Å². The molecule has 9 nitrogen and oxygen atoms in total. The second-order valence-corrected chi connectivity index (χ2v) is 20.1. The first-order chi connectivity index (χ1) is 24.8. The molecule has 1 amide bonds. The van der Waals surface area contributed by atoms with Crippen molar-refractivity contribution >= 4 is 41.9 Å². The number of carbonyl (C=O) groups excluding carboxylic acids is 1. The summed E-state index contributed by atoms with van der Waals surface area (Å²) in [6, 6.07) is 20.1. The maximum absolute atomic E-state index is 13.5. The highest BCUT2D eigenvalue weighted by atomic mass is 28.3. The van der Waals surface area contributed by atoms with Gasteiger partial charge in [-0.05, 0) is 139 Å². The molecule has 53 heavy (non-hydrogen) atoms. The lowest BCUT2D eigenvalue weighted by molar-refractivity contribution is -0.140. The molecule has 4 aromatic rings. The number of benzene rings is 4. The summed E-state index contributed by atoms with van der Waals surface area (Å²) < 4.78 is 8.99. The summed E-state index contributed by atoms with van der Waals surface area (Å²) in [6.07, 6.45) is 1.02. The minimum atomic E-state index is -2.39. The Morgan fingerprint density at radius 2 is 1.47 bits per heavy atom. The first-order valence-corrected chi connectivity index (χ1v) is 21.1. The summed E-state index contributed by atoms with van der Waals surface area (Å²) in [5.41, 5.74) is 6.92. The van der Waals surface area contributed by atoms with Crippen molar-refractivity contribution in [3.8, 4) is 17.2 Å². The zero-order chi connectivity index (χ0) is 38.7. The standard InChI is InChI=1S/C43H48N2O7Si/c1-10-45-35-20-37-34(19-33(35)27(5)21-43(45,6)7)40(31-13-11-28(15-24(31)2)42(51)44(22-38(46)47)23-39(48)49)32-14-12-29(18-36(32)53(37,8)9)52-30-16-25(3)41(50)26(4)17-30/h11-20,27H,10,21-23H2,1-9H3,(H2-,46,47,48,49,50)/p+1. The highest BCUT2D eigenvalue weighted by Crippen LogP contribution is 2.34. The van der Waals surface area contributed by atoms with Crippen LogP contribution in [0.5, 0.6) is 17.2 Å². The number of aliphatic carboxylic acids is 2. The largest absolute Gasteiger partial charge is 0.507 e. The van der Waals surface area contributed by atoms with Gasteiger partial charge in [-0.1, -0.05) is 32.2 Å². The maximum Gasteiger partial charge on any atom is 0.323 e. The average molecular weight is 734 g/mol. The first kappa shape index (κ1) is 37.5. The molecular formula is C43H49N2O7Si+. The normalized spacial score (nSPS) is 16.7. The Labute approximate surface area is 311 Å². The van der Waals surface area contributed by atoms with Crippen LogP contribution in [-0.2, 0) is 9.59 Å². The van der Waals surface area contributed by atoms with E-state index >= 15 is 0 Å². The average Bonchev–Trinajstić information content (AvgIpc) is 3.06. The molecule has 0 fully saturated rings. The van der Waals surface area contributed by atoms with Crippen molar-refractivity contribution in [1.29, 1.82) is 0 Å². The molecule has 0 saturated carbocycles. The molecule has 2 aliphatic rings. The van der Waals surface area contributed by atoms with E-state index < -0.39 is 39.0 Å². The number of carboxylic acid groups (broad SMARTS) is 2. The number of carboxylic acids is 2. The first-order valence-electron chi connectivity index (χ1n) is 18.1. The molecule has 3 N–H and O–H groups in total. The van der Waals surface area contributed by atoms with Crippen molar-refractivity contribution < 1.29 is 34.4 Å². The molecule has 0 aliphatic carbocycles. The number of hydrogen-bond acceptors (Lipinski definition) is 5. The Balaban J connectivity index is 1.61. The predicted octanol–water partition coefficient (Wildman–Crippen LogP) is 4.90. The van der Waals surface area contributed by atoms with Gasteiger partial charge in [-0.15, -0.1) is 0 Å². The van der Waals surface area contributed by atoms with Gasteiger partial charge in [0.1, 0.15) is 45.0 Å². The van der Waals surface area contributed by atoms with E-state index in [2.05, 4.69) is 69.6 Å². The van der Waals surface area contributed by atoms with E-state index in [9.17, 15) is 29.7 Å². The van der Waals surface area contributed by atoms with E-state index in [0.29, 0.717) is 17.4 Å². The minimum absolute atomic E-state index is 0.00424. The van der Waals surface area contributed by atoms with Gasteiger partial charge in [0.25, 0.3) is 5.91 Å². The lowest BCUT2D eigenvalue weighted by Crippen LogP contribution is -2.65. The third-order valence-corrected chi connectivity index (χ3v) is 14.6. The zero-order valence-corrected chi connectivity index (χ0v) is 33.0. The van der Waals surface area contributed by atoms with Crippen LogP contribution in [0.1, 0.15) is 83.8 Å². The Hall–Kier alpha value is -5.22. The summed E-state index contributed by atoms with van der Waals surface area (Å²) >= 11 is 0. The summed E-state index contributed by atoms with van der Waals surface area (Å²) in [7, 11) is -2.39. The van der Waals surface area contributed by atoms with Crippen LogP contribution in [-0.4, -0.2) is 71.3 Å². The number of phenolic OH excluding ortho intramolecular Hbond substituents is 1. The molecule has 1 atom stereocenters. The van der Waals surface area contributed by atoms with Gasteiger partial charge in [-0.2, -0.15) is 0 Å². The lowest BCUT2D eigenvalue weighted by atomic mass is 9.82. The van der Waals surface area contributed by atoms with E-state index in [-0.39, 0.29) is 16.9 Å². The highest BCUT2D eigenvalue weighted by molar-refractivity contribution is 7.01. The molecule has 4 aromatic carbocycles. The smallest absolute Gasteiger partial charge is 0.323 e. The monoisotopic (exact) mass is 733 g/mol. The third-order valence-electron chi connectivity index (χ3n) is 11.1. The van der Waals surface area contributed by atoms with Gasteiger partial charge in [0, 0.05) is 23.6 Å². The lowest BCUT2D eigenvalue weighted by Gasteiger charge is -2.36. The van der Waals surface area contributed by atoms with Gasteiger partial charge in [-0.3, -0.25) is 14.4 Å². The van der Waals surface area contributed by atoms with Gasteiger partial charge >= 0.3 is 11.9 Å². The number of aryl methyl sites for hydroxylation is 3. The van der Waals surface area contributed by atoms with Crippen molar-refractivity contribution in [2.24, 2.45) is 0 Å². The van der Waals surface area contributed by atoms with Crippen LogP contribution in [0.3, 0.4) is 0 Å². The Morgan fingerprint density at radius 3 is 2.06 bits per heavy atom. The molecule has 1 unspecified atom stereocenters. The number of ether oxygens (including phenoxy) is 1. The zero-order valence-electron chi connectivity index (χ0n) is 32.0. The molecule has 0 radical (unpaired) electrons. The van der Waals surface area contributed by atoms with E-state index in [1.54, 1.807) is 12.1 Å². The second kappa shape index (κ2) is 13.6. The number of rotatable bonds is 9. The maximum atomic E-state index is 13.5. The van der Waals surface area contributed by atoms with E-state index in [1.807, 2.05) is 45.0 Å². The molecule has 2 heterocycles. The predicted molar refractivity (Wildman–Crippen MR) is 209 cm³/mol. The van der Waals surface area contributed by atoms with Crippen molar-refractivity contribution in [1.82, 2.24) is 9.48 Å². The Kier molecular flexibility index (Phi) is 9.66. The molecule has 6 rings (SSSR count). The number of fused-ring (bicyclic) bond motifs is 3. The second-order valence-electron chi connectivity index (χ2n) is 15.8. The van der Waals surface area contributed by atoms with Gasteiger partial charge < -0.3 is 25.0 Å². The summed E-state index contributed by atoms with van der Waals surface area (Å²) in [5.74, 6) is -1.27. The molecule has 10 heteroatoms. The number of aromatic hydroxyl groups is 1. The van der Waals surface area contributed by atoms with Crippen LogP contribution >= 0.6 is 0 Å². The fraction of sp³-hybridized carbons (Fsp3) is 0.349.